The van der Waals surface area contributed by atoms with Crippen molar-refractivity contribution in [1.29, 1.82) is 0 Å². The molecule has 2 aliphatic heterocycles. The number of carbonyl (C=O) groups is 6. The van der Waals surface area contributed by atoms with Gasteiger partial charge in [-0.3, -0.25) is 19.5 Å². The number of alkyl carbamates (subject to hydrolysis) is 2. The fourth-order valence-corrected chi connectivity index (χ4v) is 6.51. The number of urea groups is 1. The number of carbonyl (C=O) groups excluding carboxylic acids is 5. The molecule has 1 aromatic heterocycles. The van der Waals surface area contributed by atoms with Gasteiger partial charge in [-0.25, -0.2) is 24.0 Å². The molecule has 5 N–H and O–H groups in total. The minimum absolute atomic E-state index is 0.0330. The number of ether oxygens (including phenoxy) is 2. The summed E-state index contributed by atoms with van der Waals surface area (Å²) in [4.78, 5) is 97.7. The molecule has 3 heterocycles. The Bertz CT molecular complexity index is 1880. The molecule has 0 saturated carbocycles. The number of benzene rings is 1. The van der Waals surface area contributed by atoms with Crippen LogP contribution in [-0.2, 0) is 25.5 Å². The van der Waals surface area contributed by atoms with Crippen LogP contribution >= 0.6 is 0 Å². The Hall–Kier alpha value is -5.88. The predicted octanol–water partition coefficient (Wildman–Crippen LogP) is 3.30. The fourth-order valence-electron chi connectivity index (χ4n) is 6.51. The molecule has 2 fully saturated rings. The van der Waals surface area contributed by atoms with Crippen LogP contribution in [0.1, 0.15) is 80.2 Å². The van der Waals surface area contributed by atoms with E-state index in [-0.39, 0.29) is 56.3 Å². The molecule has 2 unspecified atom stereocenters. The molecule has 19 nitrogen and oxygen atoms in total. The number of aromatic nitrogens is 2. The van der Waals surface area contributed by atoms with Crippen LogP contribution in [0.3, 0.4) is 0 Å². The van der Waals surface area contributed by atoms with Crippen LogP contribution in [0, 0.1) is 0 Å². The molecular formula is C39H57N9O10. The number of hydrogen-bond donors (Lipinski definition) is 5. The maximum Gasteiger partial charge on any atom is 0.408 e. The summed E-state index contributed by atoms with van der Waals surface area (Å²) in [5.41, 5.74) is -2.17. The zero-order chi connectivity index (χ0) is 43.0. The van der Waals surface area contributed by atoms with Gasteiger partial charge >= 0.3 is 30.0 Å². The first kappa shape index (κ1) is 44.8. The van der Waals surface area contributed by atoms with Gasteiger partial charge in [0.1, 0.15) is 28.6 Å². The number of nitrogens with one attached hydrogen (secondary N) is 4. The first-order valence-corrected chi connectivity index (χ1v) is 19.3. The number of piperazine rings is 1. The van der Waals surface area contributed by atoms with Gasteiger partial charge in [0.05, 0.1) is 5.69 Å². The minimum atomic E-state index is -1.34. The van der Waals surface area contributed by atoms with E-state index >= 15 is 0 Å². The van der Waals surface area contributed by atoms with Crippen LogP contribution in [0.2, 0.25) is 0 Å². The van der Waals surface area contributed by atoms with E-state index in [1.165, 1.54) is 21.7 Å². The van der Waals surface area contributed by atoms with Gasteiger partial charge in [-0.05, 0) is 98.4 Å². The van der Waals surface area contributed by atoms with Crippen molar-refractivity contribution in [2.45, 2.75) is 110 Å². The van der Waals surface area contributed by atoms with E-state index in [1.54, 1.807) is 89.5 Å². The Labute approximate surface area is 337 Å². The summed E-state index contributed by atoms with van der Waals surface area (Å²) < 4.78 is 11.9. The second-order valence-corrected chi connectivity index (χ2v) is 16.9. The van der Waals surface area contributed by atoms with Crippen LogP contribution in [0.25, 0.3) is 5.69 Å². The van der Waals surface area contributed by atoms with Crippen molar-refractivity contribution >= 4 is 41.9 Å². The van der Waals surface area contributed by atoms with Gasteiger partial charge in [-0.1, -0.05) is 12.1 Å². The molecule has 58 heavy (non-hydrogen) atoms. The number of nitrogens with zero attached hydrogens (tertiary/aromatic N) is 5. The van der Waals surface area contributed by atoms with Gasteiger partial charge in [0.15, 0.2) is 0 Å². The highest BCUT2D eigenvalue weighted by atomic mass is 16.6. The van der Waals surface area contributed by atoms with Gasteiger partial charge in [0, 0.05) is 57.9 Å². The molecule has 0 radical (unpaired) electrons. The van der Waals surface area contributed by atoms with Crippen molar-refractivity contribution in [2.24, 2.45) is 0 Å². The summed E-state index contributed by atoms with van der Waals surface area (Å²) >= 11 is 0. The van der Waals surface area contributed by atoms with Crippen LogP contribution < -0.4 is 27.0 Å². The van der Waals surface area contributed by atoms with E-state index in [9.17, 15) is 38.7 Å². The lowest BCUT2D eigenvalue weighted by molar-refractivity contribution is -0.138. The average Bonchev–Trinajstić information content (AvgIpc) is 3.34. The van der Waals surface area contributed by atoms with Crippen molar-refractivity contribution in [3.63, 3.8) is 0 Å². The number of rotatable bonds is 9. The topological polar surface area (TPSA) is 234 Å². The quantitative estimate of drug-likeness (QED) is 0.247. The van der Waals surface area contributed by atoms with E-state index in [2.05, 4.69) is 26.3 Å². The molecule has 318 valence electrons. The van der Waals surface area contributed by atoms with Gasteiger partial charge in [0.25, 0.3) is 0 Å². The van der Waals surface area contributed by atoms with Crippen LogP contribution in [0.5, 0.6) is 0 Å². The Balaban J connectivity index is 1.31. The molecule has 0 aliphatic carbocycles. The Morgan fingerprint density at radius 2 is 1.40 bits per heavy atom. The molecule has 2 aliphatic rings. The predicted molar refractivity (Wildman–Crippen MR) is 213 cm³/mol. The largest absolute Gasteiger partial charge is 0.465 e. The lowest BCUT2D eigenvalue weighted by atomic mass is 10.0. The summed E-state index contributed by atoms with van der Waals surface area (Å²) in [6, 6.07) is 6.37. The van der Waals surface area contributed by atoms with Crippen molar-refractivity contribution in [2.75, 3.05) is 44.6 Å². The third-order valence-electron chi connectivity index (χ3n) is 9.25. The molecule has 19 heteroatoms. The molecule has 2 atom stereocenters. The second kappa shape index (κ2) is 18.6. The maximum atomic E-state index is 13.6. The van der Waals surface area contributed by atoms with E-state index in [0.29, 0.717) is 43.6 Å². The van der Waals surface area contributed by atoms with E-state index < -0.39 is 52.8 Å². The zero-order valence-corrected chi connectivity index (χ0v) is 34.5. The standard InChI is InChI=1S/C39H57N9O10/c1-37(2,3)57-35(55)40-26-10-9-17-45(18-15-26)30(49)28(41-34(53)54)24-25-11-13-27(14-12-25)48-19-16-29(43-33(48)52)42-32(51)47-22-20-46(21-23-47)31(50)39(7,8)44-36(56)58-38(4,5)6/h11-14,16,19,26,28,41H,9-10,15,17-18,20-24H2,1-8H3,(H,40,55)(H,44,56)(H,53,54)(H,42,43,51,52). The smallest absolute Gasteiger partial charge is 0.408 e. The van der Waals surface area contributed by atoms with Gasteiger partial charge in [-0.2, -0.15) is 4.98 Å². The monoisotopic (exact) mass is 811 g/mol. The van der Waals surface area contributed by atoms with Crippen molar-refractivity contribution < 1.29 is 43.3 Å². The van der Waals surface area contributed by atoms with Crippen molar-refractivity contribution in [3.8, 4) is 5.69 Å². The summed E-state index contributed by atoms with van der Waals surface area (Å²) in [6.45, 7) is 15.3. The first-order valence-electron chi connectivity index (χ1n) is 19.3. The third kappa shape index (κ3) is 13.4. The Morgan fingerprint density at radius 1 is 0.793 bits per heavy atom. The minimum Gasteiger partial charge on any atom is -0.465 e. The Morgan fingerprint density at radius 3 is 1.98 bits per heavy atom. The van der Waals surface area contributed by atoms with Gasteiger partial charge < -0.3 is 45.2 Å². The fraction of sp³-hybridized carbons (Fsp3) is 0.590. The summed E-state index contributed by atoms with van der Waals surface area (Å²) in [6.07, 6.45) is 0.678. The molecule has 0 bridgehead atoms. The van der Waals surface area contributed by atoms with E-state index in [1.807, 2.05) is 0 Å². The normalized spacial score (nSPS) is 17.0. The third-order valence-corrected chi connectivity index (χ3v) is 9.25. The highest BCUT2D eigenvalue weighted by molar-refractivity contribution is 5.91. The van der Waals surface area contributed by atoms with E-state index in [0.717, 1.165) is 0 Å². The SMILES string of the molecule is CC(C)(C)OC(=O)NC1CCCN(C(=O)C(Cc2ccc(-n3ccc(NC(=O)N4CCN(C(=O)C(C)(C)NC(=O)OC(C)(C)C)CC4)nc3=O)cc2)NC(=O)O)CC1. The van der Waals surface area contributed by atoms with Gasteiger partial charge in [0.2, 0.25) is 11.8 Å². The lowest BCUT2D eigenvalue weighted by Gasteiger charge is -2.38. The number of amides is 7. The average molecular weight is 812 g/mol. The zero-order valence-electron chi connectivity index (χ0n) is 34.5. The second-order valence-electron chi connectivity index (χ2n) is 16.9. The number of anilines is 1. The molecule has 4 rings (SSSR count). The number of likely N-dealkylation sites (tertiary alicyclic amines) is 1. The summed E-state index contributed by atoms with van der Waals surface area (Å²) in [5.74, 6) is -0.666. The maximum absolute atomic E-state index is 13.6. The van der Waals surface area contributed by atoms with Gasteiger partial charge in [-0.15, -0.1) is 0 Å². The first-order chi connectivity index (χ1) is 27.0. The number of carboxylic acid groups (broad SMARTS) is 1. The number of hydrogen-bond acceptors (Lipinski definition) is 10. The van der Waals surface area contributed by atoms with Crippen molar-refractivity contribution in [3.05, 3.63) is 52.6 Å². The van der Waals surface area contributed by atoms with E-state index in [4.69, 9.17) is 9.47 Å². The van der Waals surface area contributed by atoms with Crippen LogP contribution in [0.15, 0.2) is 41.3 Å². The molecule has 2 saturated heterocycles. The van der Waals surface area contributed by atoms with Crippen LogP contribution in [-0.4, -0.2) is 134 Å². The highest BCUT2D eigenvalue weighted by Gasteiger charge is 2.37. The highest BCUT2D eigenvalue weighted by Crippen LogP contribution is 2.18. The summed E-state index contributed by atoms with van der Waals surface area (Å²) in [5, 5.41) is 20.0. The Kier molecular flexibility index (Phi) is 14.4. The van der Waals surface area contributed by atoms with Crippen LogP contribution in [0.4, 0.5) is 25.0 Å². The lowest BCUT2D eigenvalue weighted by Crippen LogP contribution is -2.60. The molecule has 2 aromatic rings. The molecule has 1 aromatic carbocycles. The summed E-state index contributed by atoms with van der Waals surface area (Å²) in [7, 11) is 0. The molecule has 0 spiro atoms. The van der Waals surface area contributed by atoms with Crippen molar-refractivity contribution in [1.82, 2.24) is 40.2 Å². The molecular weight excluding hydrogens is 754 g/mol. The molecule has 7 amide bonds.